The van der Waals surface area contributed by atoms with Gasteiger partial charge in [0.25, 0.3) is 5.91 Å². The first kappa shape index (κ1) is 10.2. The molecule has 0 saturated carbocycles. The molecule has 1 unspecified atom stereocenters. The third kappa shape index (κ3) is 2.83. The summed E-state index contributed by atoms with van der Waals surface area (Å²) in [6, 6.07) is 1.68. The van der Waals surface area contributed by atoms with Gasteiger partial charge in [0.2, 0.25) is 0 Å². The number of nitrogens with one attached hydrogen (secondary N) is 2. The molecule has 2 heterocycles. The fourth-order valence-corrected chi connectivity index (χ4v) is 1.83. The lowest BCUT2D eigenvalue weighted by Gasteiger charge is -2.22. The highest BCUT2D eigenvalue weighted by Crippen LogP contribution is 2.08. The molecule has 0 bridgehead atoms. The second kappa shape index (κ2) is 4.98. The Bertz CT molecular complexity index is 302. The highest BCUT2D eigenvalue weighted by atomic mass is 16.3. The third-order valence-electron chi connectivity index (χ3n) is 2.73. The molecule has 1 aromatic heterocycles. The predicted molar refractivity (Wildman–Crippen MR) is 56.6 cm³/mol. The lowest BCUT2D eigenvalue weighted by atomic mass is 10.00. The summed E-state index contributed by atoms with van der Waals surface area (Å²) in [6.07, 6.45) is 5.37. The van der Waals surface area contributed by atoms with E-state index in [1.165, 1.54) is 25.4 Å². The quantitative estimate of drug-likeness (QED) is 0.779. The fraction of sp³-hybridized carbons (Fsp3) is 0.545. The van der Waals surface area contributed by atoms with Crippen molar-refractivity contribution in [3.05, 3.63) is 24.2 Å². The highest BCUT2D eigenvalue weighted by molar-refractivity contribution is 5.93. The SMILES string of the molecule is O=C(NCC1CCCNC1)c1ccoc1. The standard InChI is InChI=1S/C11H16N2O2/c14-11(10-3-5-15-8-10)13-7-9-2-1-4-12-6-9/h3,5,8-9,12H,1-2,4,6-7H2,(H,13,14). The first-order valence-corrected chi connectivity index (χ1v) is 5.37. The first-order valence-electron chi connectivity index (χ1n) is 5.37. The monoisotopic (exact) mass is 208 g/mol. The number of carbonyl (C=O) groups excluding carboxylic acids is 1. The van der Waals surface area contributed by atoms with Crippen molar-refractivity contribution in [2.45, 2.75) is 12.8 Å². The Hall–Kier alpha value is -1.29. The van der Waals surface area contributed by atoms with Gasteiger partial charge in [-0.3, -0.25) is 4.79 Å². The van der Waals surface area contributed by atoms with Crippen molar-refractivity contribution in [2.75, 3.05) is 19.6 Å². The van der Waals surface area contributed by atoms with E-state index in [1.54, 1.807) is 6.07 Å². The number of hydrogen-bond acceptors (Lipinski definition) is 3. The van der Waals surface area contributed by atoms with Gasteiger partial charge in [-0.25, -0.2) is 0 Å². The summed E-state index contributed by atoms with van der Waals surface area (Å²) in [7, 11) is 0. The van der Waals surface area contributed by atoms with E-state index in [0.717, 1.165) is 19.6 Å². The van der Waals surface area contributed by atoms with Crippen LogP contribution in [-0.4, -0.2) is 25.5 Å². The van der Waals surface area contributed by atoms with E-state index in [4.69, 9.17) is 4.42 Å². The summed E-state index contributed by atoms with van der Waals surface area (Å²) in [6.45, 7) is 2.86. The highest BCUT2D eigenvalue weighted by Gasteiger charge is 2.14. The molecular weight excluding hydrogens is 192 g/mol. The summed E-state index contributed by atoms with van der Waals surface area (Å²) >= 11 is 0. The van der Waals surface area contributed by atoms with Crippen LogP contribution in [0.25, 0.3) is 0 Å². The largest absolute Gasteiger partial charge is 0.472 e. The maximum atomic E-state index is 11.6. The lowest BCUT2D eigenvalue weighted by Crippen LogP contribution is -2.38. The average molecular weight is 208 g/mol. The molecule has 1 amide bonds. The van der Waals surface area contributed by atoms with Crippen LogP contribution in [0.2, 0.25) is 0 Å². The molecule has 1 aliphatic heterocycles. The Labute approximate surface area is 89.0 Å². The first-order chi connectivity index (χ1) is 7.36. The zero-order valence-corrected chi connectivity index (χ0v) is 8.66. The van der Waals surface area contributed by atoms with Crippen molar-refractivity contribution in [1.82, 2.24) is 10.6 Å². The molecule has 1 saturated heterocycles. The van der Waals surface area contributed by atoms with Crippen LogP contribution in [0.3, 0.4) is 0 Å². The van der Waals surface area contributed by atoms with Crippen LogP contribution in [0.1, 0.15) is 23.2 Å². The van der Waals surface area contributed by atoms with Crippen LogP contribution in [-0.2, 0) is 0 Å². The molecule has 1 aliphatic rings. The Balaban J connectivity index is 1.75. The lowest BCUT2D eigenvalue weighted by molar-refractivity contribution is 0.0944. The van der Waals surface area contributed by atoms with Gasteiger partial charge in [0, 0.05) is 6.54 Å². The number of piperidine rings is 1. The summed E-state index contributed by atoms with van der Waals surface area (Å²) in [5.41, 5.74) is 0.596. The predicted octanol–water partition coefficient (Wildman–Crippen LogP) is 1.01. The van der Waals surface area contributed by atoms with Crippen LogP contribution < -0.4 is 10.6 Å². The van der Waals surface area contributed by atoms with Gasteiger partial charge in [0.15, 0.2) is 0 Å². The number of hydrogen-bond donors (Lipinski definition) is 2. The molecule has 15 heavy (non-hydrogen) atoms. The number of carbonyl (C=O) groups is 1. The molecule has 82 valence electrons. The molecule has 0 spiro atoms. The van der Waals surface area contributed by atoms with E-state index in [9.17, 15) is 4.79 Å². The van der Waals surface area contributed by atoms with E-state index >= 15 is 0 Å². The Morgan fingerprint density at radius 3 is 3.27 bits per heavy atom. The van der Waals surface area contributed by atoms with Crippen LogP contribution >= 0.6 is 0 Å². The Morgan fingerprint density at radius 1 is 1.67 bits per heavy atom. The van der Waals surface area contributed by atoms with Crippen LogP contribution in [0.5, 0.6) is 0 Å². The minimum Gasteiger partial charge on any atom is -0.472 e. The van der Waals surface area contributed by atoms with Gasteiger partial charge in [0.05, 0.1) is 11.8 Å². The molecule has 0 aliphatic carbocycles. The summed E-state index contributed by atoms with van der Waals surface area (Å²) in [4.78, 5) is 11.6. The van der Waals surface area contributed by atoms with Gasteiger partial charge >= 0.3 is 0 Å². The molecule has 4 nitrogen and oxygen atoms in total. The van der Waals surface area contributed by atoms with Crippen molar-refractivity contribution in [1.29, 1.82) is 0 Å². The van der Waals surface area contributed by atoms with Gasteiger partial charge in [0.1, 0.15) is 6.26 Å². The van der Waals surface area contributed by atoms with Crippen molar-refractivity contribution in [2.24, 2.45) is 5.92 Å². The molecule has 0 radical (unpaired) electrons. The average Bonchev–Trinajstić information content (AvgIpc) is 2.81. The smallest absolute Gasteiger partial charge is 0.254 e. The van der Waals surface area contributed by atoms with E-state index in [2.05, 4.69) is 10.6 Å². The topological polar surface area (TPSA) is 54.3 Å². The maximum absolute atomic E-state index is 11.6. The van der Waals surface area contributed by atoms with Gasteiger partial charge in [-0.05, 0) is 37.9 Å². The van der Waals surface area contributed by atoms with Crippen molar-refractivity contribution in [3.8, 4) is 0 Å². The molecule has 2 rings (SSSR count). The molecule has 4 heteroatoms. The van der Waals surface area contributed by atoms with Crippen LogP contribution in [0.4, 0.5) is 0 Å². The summed E-state index contributed by atoms with van der Waals surface area (Å²) < 4.78 is 4.85. The van der Waals surface area contributed by atoms with Crippen molar-refractivity contribution < 1.29 is 9.21 Å². The molecule has 2 N–H and O–H groups in total. The zero-order chi connectivity index (χ0) is 10.5. The van der Waals surface area contributed by atoms with Gasteiger partial charge < -0.3 is 15.1 Å². The molecular formula is C11H16N2O2. The maximum Gasteiger partial charge on any atom is 0.254 e. The molecule has 1 fully saturated rings. The van der Waals surface area contributed by atoms with Gasteiger partial charge in [-0.15, -0.1) is 0 Å². The van der Waals surface area contributed by atoms with Gasteiger partial charge in [-0.2, -0.15) is 0 Å². The fourth-order valence-electron chi connectivity index (χ4n) is 1.83. The van der Waals surface area contributed by atoms with Crippen LogP contribution in [0.15, 0.2) is 23.0 Å². The van der Waals surface area contributed by atoms with E-state index in [1.807, 2.05) is 0 Å². The minimum atomic E-state index is -0.0469. The van der Waals surface area contributed by atoms with E-state index in [0.29, 0.717) is 11.5 Å². The number of rotatable bonds is 3. The number of furan rings is 1. The third-order valence-corrected chi connectivity index (χ3v) is 2.73. The zero-order valence-electron chi connectivity index (χ0n) is 8.66. The summed E-state index contributed by atoms with van der Waals surface area (Å²) in [5, 5.41) is 6.24. The van der Waals surface area contributed by atoms with Crippen LogP contribution in [0, 0.1) is 5.92 Å². The molecule has 1 aromatic rings. The number of amides is 1. The normalized spacial score (nSPS) is 21.2. The summed E-state index contributed by atoms with van der Waals surface area (Å²) in [5.74, 6) is 0.518. The minimum absolute atomic E-state index is 0.0469. The van der Waals surface area contributed by atoms with Crippen molar-refractivity contribution in [3.63, 3.8) is 0 Å². The molecule has 0 aromatic carbocycles. The van der Waals surface area contributed by atoms with Gasteiger partial charge in [-0.1, -0.05) is 0 Å². The molecule has 1 atom stereocenters. The Morgan fingerprint density at radius 2 is 2.60 bits per heavy atom. The second-order valence-corrected chi connectivity index (χ2v) is 3.93. The van der Waals surface area contributed by atoms with Crippen molar-refractivity contribution >= 4 is 5.91 Å². The Kier molecular flexibility index (Phi) is 3.40. The van der Waals surface area contributed by atoms with E-state index in [-0.39, 0.29) is 5.91 Å². The second-order valence-electron chi connectivity index (χ2n) is 3.93. The van der Waals surface area contributed by atoms with E-state index < -0.39 is 0 Å².